The Morgan fingerprint density at radius 2 is 1.92 bits per heavy atom. The smallest absolute Gasteiger partial charge is 0.156 e. The molecule has 0 saturated carbocycles. The van der Waals surface area contributed by atoms with Crippen LogP contribution in [0.15, 0.2) is 65.8 Å². The predicted octanol–water partition coefficient (Wildman–Crippen LogP) is 4.17. The molecule has 1 atom stereocenters. The Labute approximate surface area is 146 Å². The van der Waals surface area contributed by atoms with E-state index in [1.807, 2.05) is 24.3 Å². The molecule has 0 aliphatic heterocycles. The summed E-state index contributed by atoms with van der Waals surface area (Å²) in [5.41, 5.74) is 3.66. The number of halogens is 1. The van der Waals surface area contributed by atoms with E-state index in [1.54, 1.807) is 36.8 Å². The van der Waals surface area contributed by atoms with Crippen LogP contribution in [-0.4, -0.2) is 25.4 Å². The van der Waals surface area contributed by atoms with Crippen LogP contribution in [0.25, 0.3) is 33.5 Å². The topological polar surface area (TPSA) is 58.6 Å². The van der Waals surface area contributed by atoms with Gasteiger partial charge in [0.2, 0.25) is 0 Å². The molecule has 4 nitrogen and oxygen atoms in total. The number of benzene rings is 2. The zero-order chi connectivity index (χ0) is 17.4. The van der Waals surface area contributed by atoms with Crippen molar-refractivity contribution in [2.24, 2.45) is 0 Å². The van der Waals surface area contributed by atoms with Gasteiger partial charge < -0.3 is 4.98 Å². The van der Waals surface area contributed by atoms with E-state index >= 15 is 0 Å². The first-order valence-corrected chi connectivity index (χ1v) is 9.22. The number of H-pyrrole nitrogens is 1. The predicted molar refractivity (Wildman–Crippen MR) is 97.1 cm³/mol. The van der Waals surface area contributed by atoms with Crippen LogP contribution in [0.2, 0.25) is 0 Å². The molecular weight excluding hydrogens is 337 g/mol. The standard InChI is InChI=1S/C19H14FN3OS/c1-25(24)18-5-3-2-4-13(18)12-6-7-14(15(20)10-12)17-11-22-19-16(23-17)8-9-21-19/h2-11H,1H3,(H,21,22). The van der Waals surface area contributed by atoms with Gasteiger partial charge in [-0.05, 0) is 35.4 Å². The number of hydrogen-bond acceptors (Lipinski definition) is 3. The molecule has 0 saturated heterocycles. The molecular formula is C19H14FN3OS. The zero-order valence-electron chi connectivity index (χ0n) is 13.4. The lowest BCUT2D eigenvalue weighted by atomic mass is 10.0. The first kappa shape index (κ1) is 15.7. The average molecular weight is 351 g/mol. The lowest BCUT2D eigenvalue weighted by molar-refractivity contribution is 0.631. The van der Waals surface area contributed by atoms with Crippen molar-refractivity contribution in [3.8, 4) is 22.4 Å². The van der Waals surface area contributed by atoms with Crippen LogP contribution in [0.1, 0.15) is 0 Å². The highest BCUT2D eigenvalue weighted by Crippen LogP contribution is 2.30. The summed E-state index contributed by atoms with van der Waals surface area (Å²) in [6.07, 6.45) is 4.91. The first-order chi connectivity index (χ1) is 12.1. The highest BCUT2D eigenvalue weighted by Gasteiger charge is 2.13. The van der Waals surface area contributed by atoms with Crippen LogP contribution >= 0.6 is 0 Å². The molecule has 1 N–H and O–H groups in total. The van der Waals surface area contributed by atoms with Gasteiger partial charge in [0.05, 0.1) is 22.7 Å². The molecule has 0 spiro atoms. The SMILES string of the molecule is CS(=O)c1ccccc1-c1ccc(-c2cnc3[nH]ccc3n2)c(F)c1. The second-order valence-corrected chi connectivity index (χ2v) is 6.96. The molecule has 0 aliphatic rings. The third-order valence-corrected chi connectivity index (χ3v) is 4.99. The van der Waals surface area contributed by atoms with Crippen molar-refractivity contribution in [2.45, 2.75) is 4.90 Å². The third-order valence-electron chi connectivity index (χ3n) is 4.01. The van der Waals surface area contributed by atoms with Crippen LogP contribution in [0.4, 0.5) is 4.39 Å². The summed E-state index contributed by atoms with van der Waals surface area (Å²) in [6.45, 7) is 0. The molecule has 25 heavy (non-hydrogen) atoms. The van der Waals surface area contributed by atoms with E-state index in [0.29, 0.717) is 32.9 Å². The Balaban J connectivity index is 1.80. The Morgan fingerprint density at radius 3 is 2.72 bits per heavy atom. The number of fused-ring (bicyclic) bond motifs is 1. The normalized spacial score (nSPS) is 12.4. The van der Waals surface area contributed by atoms with Crippen molar-refractivity contribution in [3.05, 3.63) is 66.7 Å². The average Bonchev–Trinajstić information content (AvgIpc) is 3.09. The van der Waals surface area contributed by atoms with Crippen LogP contribution in [0.5, 0.6) is 0 Å². The molecule has 0 radical (unpaired) electrons. The number of aromatic amines is 1. The summed E-state index contributed by atoms with van der Waals surface area (Å²) in [7, 11) is -1.15. The number of nitrogens with zero attached hydrogens (tertiary/aromatic N) is 2. The quantitative estimate of drug-likeness (QED) is 0.603. The first-order valence-electron chi connectivity index (χ1n) is 7.66. The summed E-state index contributed by atoms with van der Waals surface area (Å²) in [5.74, 6) is -0.390. The van der Waals surface area contributed by atoms with E-state index in [0.717, 1.165) is 5.56 Å². The molecule has 2 aromatic heterocycles. The van der Waals surface area contributed by atoms with Crippen LogP contribution in [0, 0.1) is 5.82 Å². The van der Waals surface area contributed by atoms with Gasteiger partial charge in [-0.1, -0.05) is 24.3 Å². The van der Waals surface area contributed by atoms with Gasteiger partial charge in [-0.25, -0.2) is 14.4 Å². The van der Waals surface area contributed by atoms with Crippen LogP contribution in [0.3, 0.4) is 0 Å². The van der Waals surface area contributed by atoms with E-state index in [9.17, 15) is 8.60 Å². The maximum Gasteiger partial charge on any atom is 0.156 e. The molecule has 0 aliphatic carbocycles. The van der Waals surface area contributed by atoms with Crippen molar-refractivity contribution in [2.75, 3.05) is 6.26 Å². The monoisotopic (exact) mass is 351 g/mol. The molecule has 6 heteroatoms. The Hall–Kier alpha value is -2.86. The number of aromatic nitrogens is 3. The molecule has 0 amide bonds. The molecule has 4 rings (SSSR count). The van der Waals surface area contributed by atoms with Gasteiger partial charge in [0.15, 0.2) is 5.65 Å². The lowest BCUT2D eigenvalue weighted by Crippen LogP contribution is -1.94. The second-order valence-electron chi connectivity index (χ2n) is 5.61. The van der Waals surface area contributed by atoms with Crippen LogP contribution in [-0.2, 0) is 10.8 Å². The highest BCUT2D eigenvalue weighted by molar-refractivity contribution is 7.84. The van der Waals surface area contributed by atoms with Gasteiger partial charge in [-0.3, -0.25) is 4.21 Å². The minimum atomic E-state index is -1.15. The molecule has 0 fully saturated rings. The van der Waals surface area contributed by atoms with Gasteiger partial charge in [0.1, 0.15) is 11.3 Å². The molecule has 2 heterocycles. The third kappa shape index (κ3) is 2.85. The fraction of sp³-hybridized carbons (Fsp3) is 0.0526. The summed E-state index contributed by atoms with van der Waals surface area (Å²) in [4.78, 5) is 12.3. The van der Waals surface area contributed by atoms with E-state index in [1.165, 1.54) is 6.07 Å². The maximum atomic E-state index is 14.7. The highest BCUT2D eigenvalue weighted by atomic mass is 32.2. The molecule has 2 aromatic carbocycles. The van der Waals surface area contributed by atoms with E-state index in [2.05, 4.69) is 15.0 Å². The van der Waals surface area contributed by atoms with Crippen molar-refractivity contribution >= 4 is 22.0 Å². The summed E-state index contributed by atoms with van der Waals surface area (Å²) >= 11 is 0. The molecule has 1 unspecified atom stereocenters. The zero-order valence-corrected chi connectivity index (χ0v) is 14.2. The second kappa shape index (κ2) is 6.22. The Morgan fingerprint density at radius 1 is 1.08 bits per heavy atom. The van der Waals surface area contributed by atoms with Crippen molar-refractivity contribution in [1.82, 2.24) is 15.0 Å². The summed E-state index contributed by atoms with van der Waals surface area (Å²) in [6, 6.07) is 14.1. The molecule has 0 bridgehead atoms. The van der Waals surface area contributed by atoms with E-state index < -0.39 is 16.6 Å². The van der Waals surface area contributed by atoms with E-state index in [-0.39, 0.29) is 0 Å². The van der Waals surface area contributed by atoms with Crippen molar-refractivity contribution < 1.29 is 8.60 Å². The number of hydrogen-bond donors (Lipinski definition) is 1. The summed E-state index contributed by atoms with van der Waals surface area (Å²) in [5, 5.41) is 0. The fourth-order valence-electron chi connectivity index (χ4n) is 2.81. The number of rotatable bonds is 3. The Kier molecular flexibility index (Phi) is 3.89. The minimum absolute atomic E-state index is 0.384. The largest absolute Gasteiger partial charge is 0.345 e. The van der Waals surface area contributed by atoms with Gasteiger partial charge >= 0.3 is 0 Å². The molecule has 124 valence electrons. The van der Waals surface area contributed by atoms with Crippen LogP contribution < -0.4 is 0 Å². The van der Waals surface area contributed by atoms with Crippen molar-refractivity contribution in [3.63, 3.8) is 0 Å². The van der Waals surface area contributed by atoms with Crippen molar-refractivity contribution in [1.29, 1.82) is 0 Å². The molecule has 4 aromatic rings. The maximum absolute atomic E-state index is 14.7. The number of nitrogens with one attached hydrogen (secondary N) is 1. The lowest BCUT2D eigenvalue weighted by Gasteiger charge is -2.09. The summed E-state index contributed by atoms with van der Waals surface area (Å²) < 4.78 is 26.6. The van der Waals surface area contributed by atoms with Gasteiger partial charge in [-0.2, -0.15) is 0 Å². The Bertz CT molecular complexity index is 1110. The van der Waals surface area contributed by atoms with Gasteiger partial charge in [0, 0.05) is 22.9 Å². The minimum Gasteiger partial charge on any atom is -0.345 e. The van der Waals surface area contributed by atoms with Gasteiger partial charge in [-0.15, -0.1) is 0 Å². The van der Waals surface area contributed by atoms with Gasteiger partial charge in [0.25, 0.3) is 0 Å². The fourth-order valence-corrected chi connectivity index (χ4v) is 3.57. The van der Waals surface area contributed by atoms with E-state index in [4.69, 9.17) is 0 Å².